The fourth-order valence-corrected chi connectivity index (χ4v) is 3.41. The van der Waals surface area contributed by atoms with E-state index in [0.717, 1.165) is 44.2 Å². The first kappa shape index (κ1) is 12.6. The lowest BCUT2D eigenvalue weighted by atomic mass is 9.73. The number of carbonyl (C=O) groups excluding carboxylic acids is 1. The smallest absolute Gasteiger partial charge is 0.233 e. The zero-order valence-corrected chi connectivity index (χ0v) is 10.8. The lowest BCUT2D eigenvalue weighted by Crippen LogP contribution is -2.36. The van der Waals surface area contributed by atoms with Crippen LogP contribution in [0.15, 0.2) is 18.2 Å². The number of amides is 1. The van der Waals surface area contributed by atoms with Gasteiger partial charge in [-0.15, -0.1) is 0 Å². The average Bonchev–Trinajstić information content (AvgIpc) is 2.72. The second-order valence-electron chi connectivity index (χ2n) is 5.65. The van der Waals surface area contributed by atoms with Crippen LogP contribution in [-0.2, 0) is 4.79 Å². The first-order chi connectivity index (χ1) is 9.12. The van der Waals surface area contributed by atoms with Gasteiger partial charge in [-0.05, 0) is 31.4 Å². The SMILES string of the molecule is O=C1N(c2ccc(F)c(F)c2)CCC12CCCCC2. The highest BCUT2D eigenvalue weighted by atomic mass is 19.2. The van der Waals surface area contributed by atoms with E-state index in [1.165, 1.54) is 12.5 Å². The molecule has 2 nitrogen and oxygen atoms in total. The van der Waals surface area contributed by atoms with Gasteiger partial charge in [0.2, 0.25) is 5.91 Å². The molecule has 2 fully saturated rings. The van der Waals surface area contributed by atoms with Gasteiger partial charge < -0.3 is 4.90 Å². The molecular weight excluding hydrogens is 248 g/mol. The molecule has 0 radical (unpaired) electrons. The van der Waals surface area contributed by atoms with E-state index in [4.69, 9.17) is 0 Å². The Morgan fingerprint density at radius 1 is 1.00 bits per heavy atom. The van der Waals surface area contributed by atoms with Gasteiger partial charge in [-0.25, -0.2) is 8.78 Å². The number of benzene rings is 1. The van der Waals surface area contributed by atoms with Crippen molar-refractivity contribution in [3.05, 3.63) is 29.8 Å². The van der Waals surface area contributed by atoms with Crippen molar-refractivity contribution in [1.29, 1.82) is 0 Å². The van der Waals surface area contributed by atoms with Gasteiger partial charge >= 0.3 is 0 Å². The highest BCUT2D eigenvalue weighted by Crippen LogP contribution is 2.45. The van der Waals surface area contributed by atoms with E-state index in [0.29, 0.717) is 12.2 Å². The van der Waals surface area contributed by atoms with Gasteiger partial charge in [0.1, 0.15) is 0 Å². The summed E-state index contributed by atoms with van der Waals surface area (Å²) in [7, 11) is 0. The van der Waals surface area contributed by atoms with Gasteiger partial charge in [0, 0.05) is 18.3 Å². The van der Waals surface area contributed by atoms with Crippen LogP contribution in [-0.4, -0.2) is 12.5 Å². The Hall–Kier alpha value is -1.45. The summed E-state index contributed by atoms with van der Waals surface area (Å²) in [5, 5.41) is 0. The Morgan fingerprint density at radius 3 is 2.42 bits per heavy atom. The molecule has 0 aromatic heterocycles. The Labute approximate surface area is 111 Å². The van der Waals surface area contributed by atoms with Crippen LogP contribution in [0.1, 0.15) is 38.5 Å². The maximum absolute atomic E-state index is 13.3. The first-order valence-corrected chi connectivity index (χ1v) is 6.89. The number of anilines is 1. The van der Waals surface area contributed by atoms with Crippen molar-refractivity contribution in [3.8, 4) is 0 Å². The Balaban J connectivity index is 1.87. The summed E-state index contributed by atoms with van der Waals surface area (Å²) in [6.07, 6.45) is 6.10. The fraction of sp³-hybridized carbons (Fsp3) is 0.533. The third-order valence-corrected chi connectivity index (χ3v) is 4.54. The molecule has 4 heteroatoms. The Bertz CT molecular complexity index is 509. The van der Waals surface area contributed by atoms with Gasteiger partial charge in [-0.1, -0.05) is 19.3 Å². The van der Waals surface area contributed by atoms with Crippen molar-refractivity contribution in [2.24, 2.45) is 5.41 Å². The molecule has 1 amide bonds. The van der Waals surface area contributed by atoms with Crippen LogP contribution in [0, 0.1) is 17.0 Å². The summed E-state index contributed by atoms with van der Waals surface area (Å²) < 4.78 is 26.2. The largest absolute Gasteiger partial charge is 0.312 e. The van der Waals surface area contributed by atoms with Crippen LogP contribution in [0.4, 0.5) is 14.5 Å². The summed E-state index contributed by atoms with van der Waals surface area (Å²) in [5.74, 6) is -1.67. The molecule has 19 heavy (non-hydrogen) atoms. The normalized spacial score (nSPS) is 22.2. The number of carbonyl (C=O) groups is 1. The quantitative estimate of drug-likeness (QED) is 0.759. The molecule has 1 saturated heterocycles. The lowest BCUT2D eigenvalue weighted by Gasteiger charge is -2.31. The summed E-state index contributed by atoms with van der Waals surface area (Å²) >= 11 is 0. The summed E-state index contributed by atoms with van der Waals surface area (Å²) in [4.78, 5) is 14.2. The predicted octanol–water partition coefficient (Wildman–Crippen LogP) is 3.65. The molecule has 0 atom stereocenters. The van der Waals surface area contributed by atoms with Crippen LogP contribution in [0.25, 0.3) is 0 Å². The standard InChI is InChI=1S/C15H17F2NO/c16-12-5-4-11(10-13(12)17)18-9-8-15(14(18)19)6-2-1-3-7-15/h4-5,10H,1-3,6-9H2. The second-order valence-corrected chi connectivity index (χ2v) is 5.65. The van der Waals surface area contributed by atoms with Crippen molar-refractivity contribution in [1.82, 2.24) is 0 Å². The van der Waals surface area contributed by atoms with Crippen LogP contribution in [0.5, 0.6) is 0 Å². The minimum absolute atomic E-state index is 0.0956. The summed E-state index contributed by atoms with van der Waals surface area (Å²) in [5.41, 5.74) is 0.245. The average molecular weight is 265 g/mol. The van der Waals surface area contributed by atoms with Crippen LogP contribution in [0.3, 0.4) is 0 Å². The minimum Gasteiger partial charge on any atom is -0.312 e. The van der Waals surface area contributed by atoms with Gasteiger partial charge in [0.05, 0.1) is 5.41 Å². The van der Waals surface area contributed by atoms with Crippen molar-refractivity contribution >= 4 is 11.6 Å². The zero-order chi connectivity index (χ0) is 13.5. The molecule has 2 aliphatic rings. The van der Waals surface area contributed by atoms with Crippen molar-refractivity contribution in [3.63, 3.8) is 0 Å². The molecule has 1 aromatic rings. The van der Waals surface area contributed by atoms with Gasteiger partial charge in [0.15, 0.2) is 11.6 Å². The Kier molecular flexibility index (Phi) is 3.03. The second kappa shape index (κ2) is 4.58. The summed E-state index contributed by atoms with van der Waals surface area (Å²) in [6, 6.07) is 3.69. The van der Waals surface area contributed by atoms with E-state index in [9.17, 15) is 13.6 Å². The highest BCUT2D eigenvalue weighted by Gasteiger charge is 2.47. The highest BCUT2D eigenvalue weighted by molar-refractivity contribution is 5.99. The van der Waals surface area contributed by atoms with Crippen LogP contribution >= 0.6 is 0 Å². The number of hydrogen-bond donors (Lipinski definition) is 0. The maximum Gasteiger partial charge on any atom is 0.233 e. The van der Waals surface area contributed by atoms with E-state index in [1.54, 1.807) is 4.90 Å². The first-order valence-electron chi connectivity index (χ1n) is 6.89. The topological polar surface area (TPSA) is 20.3 Å². The predicted molar refractivity (Wildman–Crippen MR) is 68.8 cm³/mol. The molecule has 102 valence electrons. The maximum atomic E-state index is 13.3. The molecule has 3 rings (SSSR count). The molecule has 0 bridgehead atoms. The van der Waals surface area contributed by atoms with Gasteiger partial charge in [0.25, 0.3) is 0 Å². The van der Waals surface area contributed by atoms with Crippen molar-refractivity contribution in [2.75, 3.05) is 11.4 Å². The summed E-state index contributed by atoms with van der Waals surface area (Å²) in [6.45, 7) is 0.615. The minimum atomic E-state index is -0.894. The molecule has 1 saturated carbocycles. The van der Waals surface area contributed by atoms with E-state index >= 15 is 0 Å². The number of hydrogen-bond acceptors (Lipinski definition) is 1. The molecule has 0 unspecified atom stereocenters. The molecular formula is C15H17F2NO. The monoisotopic (exact) mass is 265 g/mol. The molecule has 1 heterocycles. The molecule has 1 aliphatic carbocycles. The third kappa shape index (κ3) is 2.03. The van der Waals surface area contributed by atoms with E-state index < -0.39 is 11.6 Å². The molecule has 1 aliphatic heterocycles. The van der Waals surface area contributed by atoms with E-state index in [-0.39, 0.29) is 11.3 Å². The zero-order valence-electron chi connectivity index (χ0n) is 10.8. The van der Waals surface area contributed by atoms with Gasteiger partial charge in [-0.2, -0.15) is 0 Å². The van der Waals surface area contributed by atoms with E-state index in [2.05, 4.69) is 0 Å². The number of halogens is 2. The number of nitrogens with zero attached hydrogens (tertiary/aromatic N) is 1. The molecule has 1 spiro atoms. The van der Waals surface area contributed by atoms with E-state index in [1.807, 2.05) is 0 Å². The molecule has 0 N–H and O–H groups in total. The van der Waals surface area contributed by atoms with Crippen molar-refractivity contribution < 1.29 is 13.6 Å². The van der Waals surface area contributed by atoms with Crippen LogP contribution < -0.4 is 4.90 Å². The van der Waals surface area contributed by atoms with Crippen LogP contribution in [0.2, 0.25) is 0 Å². The lowest BCUT2D eigenvalue weighted by molar-refractivity contribution is -0.127. The van der Waals surface area contributed by atoms with Crippen molar-refractivity contribution in [2.45, 2.75) is 38.5 Å². The Morgan fingerprint density at radius 2 is 1.74 bits per heavy atom. The molecule has 1 aromatic carbocycles. The third-order valence-electron chi connectivity index (χ3n) is 4.54. The van der Waals surface area contributed by atoms with Gasteiger partial charge in [-0.3, -0.25) is 4.79 Å². The number of rotatable bonds is 1. The fourth-order valence-electron chi connectivity index (χ4n) is 3.41.